The van der Waals surface area contributed by atoms with Gasteiger partial charge in [-0.25, -0.2) is 9.97 Å². The molecule has 4 rings (SSSR count). The number of aromatic nitrogens is 3. The van der Waals surface area contributed by atoms with E-state index in [2.05, 4.69) is 45.5 Å². The van der Waals surface area contributed by atoms with Crippen LogP contribution >= 0.6 is 0 Å². The number of nitrogens with zero attached hydrogens (tertiary/aromatic N) is 3. The van der Waals surface area contributed by atoms with Gasteiger partial charge in [-0.3, -0.25) is 9.78 Å². The van der Waals surface area contributed by atoms with Crippen LogP contribution in [-0.2, 0) is 11.8 Å². The number of amides is 1. The number of aryl methyl sites for hydroxylation is 1. The van der Waals surface area contributed by atoms with Crippen LogP contribution in [0, 0.1) is 0 Å². The van der Waals surface area contributed by atoms with E-state index < -0.39 is 0 Å². The van der Waals surface area contributed by atoms with Crippen LogP contribution in [0.25, 0.3) is 11.3 Å². The first-order valence-corrected chi connectivity index (χ1v) is 10.1. The summed E-state index contributed by atoms with van der Waals surface area (Å²) >= 11 is 0. The van der Waals surface area contributed by atoms with E-state index in [1.54, 1.807) is 30.5 Å². The van der Waals surface area contributed by atoms with E-state index in [-0.39, 0.29) is 24.5 Å². The van der Waals surface area contributed by atoms with Crippen molar-refractivity contribution in [1.82, 2.24) is 20.3 Å². The minimum absolute atomic E-state index is 0.0870. The summed E-state index contributed by atoms with van der Waals surface area (Å²) in [6.07, 6.45) is 5.74. The maximum absolute atomic E-state index is 11.9. The first-order chi connectivity index (χ1) is 14.5. The molecule has 1 aliphatic rings. The van der Waals surface area contributed by atoms with Gasteiger partial charge < -0.3 is 15.7 Å². The van der Waals surface area contributed by atoms with Gasteiger partial charge in [-0.2, -0.15) is 0 Å². The Labute approximate surface area is 175 Å². The highest BCUT2D eigenvalue weighted by atomic mass is 16.3. The van der Waals surface area contributed by atoms with E-state index in [9.17, 15) is 4.79 Å². The predicted octanol–water partition coefficient (Wildman–Crippen LogP) is 3.23. The maximum Gasteiger partial charge on any atom is 0.251 e. The van der Waals surface area contributed by atoms with Gasteiger partial charge in [0, 0.05) is 41.4 Å². The molecule has 0 saturated carbocycles. The van der Waals surface area contributed by atoms with Crippen molar-refractivity contribution in [3.8, 4) is 11.3 Å². The number of benzene rings is 1. The maximum atomic E-state index is 11.9. The third kappa shape index (κ3) is 4.16. The molecule has 0 radical (unpaired) electrons. The minimum atomic E-state index is -0.221. The lowest BCUT2D eigenvalue weighted by atomic mass is 9.86. The molecule has 3 aromatic rings. The monoisotopic (exact) mass is 403 g/mol. The number of carbonyl (C=O) groups is 1. The van der Waals surface area contributed by atoms with E-state index in [1.165, 1.54) is 11.3 Å². The van der Waals surface area contributed by atoms with Gasteiger partial charge in [-0.05, 0) is 60.2 Å². The van der Waals surface area contributed by atoms with Crippen molar-refractivity contribution < 1.29 is 9.90 Å². The second-order valence-corrected chi connectivity index (χ2v) is 8.05. The smallest absolute Gasteiger partial charge is 0.251 e. The molecule has 7 nitrogen and oxygen atoms in total. The molecule has 0 spiro atoms. The summed E-state index contributed by atoms with van der Waals surface area (Å²) in [5.74, 6) is 0.255. The first kappa shape index (κ1) is 20.0. The van der Waals surface area contributed by atoms with E-state index in [0.717, 1.165) is 29.8 Å². The van der Waals surface area contributed by atoms with Crippen molar-refractivity contribution in [2.75, 3.05) is 18.5 Å². The summed E-state index contributed by atoms with van der Waals surface area (Å²) in [4.78, 5) is 25.5. The van der Waals surface area contributed by atoms with Crippen LogP contribution in [-0.4, -0.2) is 39.1 Å². The summed E-state index contributed by atoms with van der Waals surface area (Å²) in [5, 5.41) is 14.6. The SMILES string of the molecule is CC1(C)CCc2ncc(-c3ccnc(Nc4ccc(C(=O)NCCO)cc4)n3)cc21. The van der Waals surface area contributed by atoms with Crippen LogP contribution < -0.4 is 10.6 Å². The Bertz CT molecular complexity index is 1060. The number of rotatable bonds is 6. The second-order valence-electron chi connectivity index (χ2n) is 8.05. The molecule has 3 N–H and O–H groups in total. The summed E-state index contributed by atoms with van der Waals surface area (Å²) < 4.78 is 0. The molecule has 0 fully saturated rings. The molecule has 0 saturated heterocycles. The van der Waals surface area contributed by atoms with Crippen LogP contribution in [0.2, 0.25) is 0 Å². The lowest BCUT2D eigenvalue weighted by Crippen LogP contribution is -2.26. The first-order valence-electron chi connectivity index (χ1n) is 10.1. The Hall–Kier alpha value is -3.32. The highest BCUT2D eigenvalue weighted by molar-refractivity contribution is 5.94. The average molecular weight is 403 g/mol. The number of aliphatic hydroxyl groups excluding tert-OH is 1. The molecular weight excluding hydrogens is 378 g/mol. The topological polar surface area (TPSA) is 100 Å². The van der Waals surface area contributed by atoms with Gasteiger partial charge in [0.15, 0.2) is 0 Å². The summed E-state index contributed by atoms with van der Waals surface area (Å²) in [6.45, 7) is 4.65. The van der Waals surface area contributed by atoms with Gasteiger partial charge in [-0.1, -0.05) is 13.8 Å². The van der Waals surface area contributed by atoms with E-state index >= 15 is 0 Å². The average Bonchev–Trinajstić information content (AvgIpc) is 3.07. The van der Waals surface area contributed by atoms with Crippen molar-refractivity contribution in [3.63, 3.8) is 0 Å². The Morgan fingerprint density at radius 1 is 1.17 bits per heavy atom. The molecule has 0 aliphatic heterocycles. The van der Waals surface area contributed by atoms with Gasteiger partial charge in [0.2, 0.25) is 5.95 Å². The molecule has 1 aromatic carbocycles. The number of anilines is 2. The quantitative estimate of drug-likeness (QED) is 0.584. The molecule has 1 aliphatic carbocycles. The number of carbonyl (C=O) groups excluding carboxylic acids is 1. The second kappa shape index (κ2) is 8.20. The number of aliphatic hydroxyl groups is 1. The fourth-order valence-electron chi connectivity index (χ4n) is 3.67. The number of pyridine rings is 1. The van der Waals surface area contributed by atoms with Gasteiger partial charge in [0.1, 0.15) is 0 Å². The molecular formula is C23H25N5O2. The molecule has 2 aromatic heterocycles. The summed E-state index contributed by atoms with van der Waals surface area (Å²) in [7, 11) is 0. The molecule has 7 heteroatoms. The molecule has 2 heterocycles. The van der Waals surface area contributed by atoms with Crippen molar-refractivity contribution >= 4 is 17.5 Å². The van der Waals surface area contributed by atoms with Crippen LogP contribution in [0.3, 0.4) is 0 Å². The van der Waals surface area contributed by atoms with Crippen LogP contribution in [0.4, 0.5) is 11.6 Å². The van der Waals surface area contributed by atoms with E-state index in [4.69, 9.17) is 5.11 Å². The molecule has 1 amide bonds. The van der Waals surface area contributed by atoms with Gasteiger partial charge >= 0.3 is 0 Å². The van der Waals surface area contributed by atoms with E-state index in [1.807, 2.05) is 12.3 Å². The number of hydrogen-bond donors (Lipinski definition) is 3. The third-order valence-electron chi connectivity index (χ3n) is 5.44. The van der Waals surface area contributed by atoms with Gasteiger partial charge in [0.05, 0.1) is 12.3 Å². The Kier molecular flexibility index (Phi) is 5.46. The molecule has 0 unspecified atom stereocenters. The number of fused-ring (bicyclic) bond motifs is 1. The minimum Gasteiger partial charge on any atom is -0.395 e. The van der Waals surface area contributed by atoms with E-state index in [0.29, 0.717) is 11.5 Å². The zero-order chi connectivity index (χ0) is 21.1. The van der Waals surface area contributed by atoms with Gasteiger partial charge in [-0.15, -0.1) is 0 Å². The van der Waals surface area contributed by atoms with Crippen molar-refractivity contribution in [3.05, 3.63) is 65.6 Å². The zero-order valence-corrected chi connectivity index (χ0v) is 17.1. The standard InChI is InChI=1S/C23H25N5O2/c1-23(2)9-7-20-18(23)13-16(14-26-20)19-8-10-25-22(28-19)27-17-5-3-15(4-6-17)21(30)24-11-12-29/h3-6,8,10,13-14,29H,7,9,11-12H2,1-2H3,(H,24,30)(H,25,27,28). The molecule has 154 valence electrons. The highest BCUT2D eigenvalue weighted by Crippen LogP contribution is 2.38. The largest absolute Gasteiger partial charge is 0.395 e. The summed E-state index contributed by atoms with van der Waals surface area (Å²) in [5.41, 5.74) is 5.70. The number of nitrogens with one attached hydrogen (secondary N) is 2. The molecule has 0 bridgehead atoms. The molecule has 30 heavy (non-hydrogen) atoms. The van der Waals surface area contributed by atoms with Gasteiger partial charge in [0.25, 0.3) is 5.91 Å². The fourth-order valence-corrected chi connectivity index (χ4v) is 3.67. The third-order valence-corrected chi connectivity index (χ3v) is 5.44. The van der Waals surface area contributed by atoms with Crippen molar-refractivity contribution in [2.45, 2.75) is 32.1 Å². The Morgan fingerprint density at radius 2 is 1.97 bits per heavy atom. The van der Waals surface area contributed by atoms with Crippen molar-refractivity contribution in [2.24, 2.45) is 0 Å². The Morgan fingerprint density at radius 3 is 2.73 bits per heavy atom. The van der Waals surface area contributed by atoms with Crippen LogP contribution in [0.1, 0.15) is 41.9 Å². The lowest BCUT2D eigenvalue weighted by molar-refractivity contribution is 0.0945. The Balaban J connectivity index is 1.51. The molecule has 0 atom stereocenters. The van der Waals surface area contributed by atoms with Crippen LogP contribution in [0.5, 0.6) is 0 Å². The zero-order valence-electron chi connectivity index (χ0n) is 17.1. The highest BCUT2D eigenvalue weighted by Gasteiger charge is 2.31. The normalized spacial score (nSPS) is 14.2. The van der Waals surface area contributed by atoms with Crippen LogP contribution in [0.15, 0.2) is 48.8 Å². The lowest BCUT2D eigenvalue weighted by Gasteiger charge is -2.19. The van der Waals surface area contributed by atoms with Crippen molar-refractivity contribution in [1.29, 1.82) is 0 Å². The predicted molar refractivity (Wildman–Crippen MR) is 116 cm³/mol. The fraction of sp³-hybridized carbons (Fsp3) is 0.304. The summed E-state index contributed by atoms with van der Waals surface area (Å²) in [6, 6.07) is 11.1. The number of hydrogen-bond acceptors (Lipinski definition) is 6.